The van der Waals surface area contributed by atoms with E-state index in [9.17, 15) is 4.39 Å². The van der Waals surface area contributed by atoms with Crippen LogP contribution in [0, 0.1) is 5.82 Å². The first kappa shape index (κ1) is 13.2. The lowest BCUT2D eigenvalue weighted by molar-refractivity contribution is 0.631. The van der Waals surface area contributed by atoms with Gasteiger partial charge in [0, 0.05) is 16.1 Å². The zero-order valence-corrected chi connectivity index (χ0v) is 11.7. The van der Waals surface area contributed by atoms with Gasteiger partial charge in [-0.3, -0.25) is 0 Å². The molecule has 0 spiro atoms. The van der Waals surface area contributed by atoms with E-state index in [1.54, 1.807) is 12.1 Å². The smallest absolute Gasteiger partial charge is 0.131 e. The van der Waals surface area contributed by atoms with Gasteiger partial charge in [0.15, 0.2) is 0 Å². The maximum absolute atomic E-state index is 13.7. The van der Waals surface area contributed by atoms with Crippen LogP contribution in [0.2, 0.25) is 0 Å². The monoisotopic (exact) mass is 307 g/mol. The summed E-state index contributed by atoms with van der Waals surface area (Å²) in [5, 5.41) is 0. The molecular formula is C15H15BrFN. The van der Waals surface area contributed by atoms with Crippen molar-refractivity contribution in [1.82, 2.24) is 0 Å². The van der Waals surface area contributed by atoms with Gasteiger partial charge < -0.3 is 5.73 Å². The predicted molar refractivity (Wildman–Crippen MR) is 76.9 cm³/mol. The second-order valence-electron chi connectivity index (χ2n) is 4.50. The second-order valence-corrected chi connectivity index (χ2v) is 5.42. The first-order valence-corrected chi connectivity index (χ1v) is 6.65. The van der Waals surface area contributed by atoms with Crippen molar-refractivity contribution in [2.75, 3.05) is 0 Å². The average Bonchev–Trinajstić information content (AvgIpc) is 2.33. The summed E-state index contributed by atoms with van der Waals surface area (Å²) < 4.78 is 14.6. The fourth-order valence-corrected chi connectivity index (χ4v) is 2.27. The highest BCUT2D eigenvalue weighted by molar-refractivity contribution is 9.10. The Morgan fingerprint density at radius 3 is 2.44 bits per heavy atom. The molecule has 0 aromatic heterocycles. The van der Waals surface area contributed by atoms with Crippen LogP contribution in [0.3, 0.4) is 0 Å². The van der Waals surface area contributed by atoms with E-state index in [0.29, 0.717) is 5.56 Å². The minimum absolute atomic E-state index is 0.137. The van der Waals surface area contributed by atoms with Crippen molar-refractivity contribution in [3.05, 3.63) is 58.3 Å². The molecule has 1 unspecified atom stereocenters. The Bertz CT molecular complexity index is 535. The number of rotatable bonds is 3. The van der Waals surface area contributed by atoms with E-state index in [-0.39, 0.29) is 11.9 Å². The summed E-state index contributed by atoms with van der Waals surface area (Å²) in [7, 11) is 0. The Balaban J connectivity index is 2.31. The molecule has 18 heavy (non-hydrogen) atoms. The summed E-state index contributed by atoms with van der Waals surface area (Å²) in [6, 6.07) is 13.0. The van der Waals surface area contributed by atoms with Gasteiger partial charge in [0.2, 0.25) is 0 Å². The number of nitrogens with two attached hydrogens (primary N) is 1. The van der Waals surface area contributed by atoms with Gasteiger partial charge in [-0.25, -0.2) is 4.39 Å². The van der Waals surface area contributed by atoms with Crippen LogP contribution in [0.25, 0.3) is 11.1 Å². The van der Waals surface area contributed by atoms with Gasteiger partial charge in [-0.05, 0) is 42.7 Å². The van der Waals surface area contributed by atoms with Crippen LogP contribution in [-0.2, 0) is 6.42 Å². The molecule has 0 aliphatic heterocycles. The van der Waals surface area contributed by atoms with Crippen LogP contribution >= 0.6 is 15.9 Å². The fraction of sp³-hybridized carbons (Fsp3) is 0.200. The number of benzene rings is 2. The van der Waals surface area contributed by atoms with Crippen molar-refractivity contribution in [2.24, 2.45) is 5.73 Å². The molecule has 0 saturated heterocycles. The van der Waals surface area contributed by atoms with Crippen molar-refractivity contribution in [1.29, 1.82) is 0 Å². The molecule has 3 heteroatoms. The average molecular weight is 308 g/mol. The van der Waals surface area contributed by atoms with E-state index in [0.717, 1.165) is 16.5 Å². The largest absolute Gasteiger partial charge is 0.328 e. The molecule has 2 aromatic rings. The van der Waals surface area contributed by atoms with Crippen LogP contribution in [0.4, 0.5) is 4.39 Å². The zero-order chi connectivity index (χ0) is 13.1. The predicted octanol–water partition coefficient (Wildman–Crippen LogP) is 4.14. The molecule has 0 fully saturated rings. The number of hydrogen-bond donors (Lipinski definition) is 1. The maximum Gasteiger partial charge on any atom is 0.131 e. The Labute approximate surface area is 115 Å². The summed E-state index contributed by atoms with van der Waals surface area (Å²) in [6.45, 7) is 1.97. The quantitative estimate of drug-likeness (QED) is 0.906. The third-order valence-electron chi connectivity index (χ3n) is 2.75. The van der Waals surface area contributed by atoms with Gasteiger partial charge in [0.05, 0.1) is 0 Å². The van der Waals surface area contributed by atoms with Crippen LogP contribution in [-0.4, -0.2) is 6.04 Å². The molecule has 0 radical (unpaired) electrons. The highest BCUT2D eigenvalue weighted by atomic mass is 79.9. The summed E-state index contributed by atoms with van der Waals surface area (Å²) >= 11 is 3.36. The van der Waals surface area contributed by atoms with E-state index < -0.39 is 0 Å². The van der Waals surface area contributed by atoms with Crippen LogP contribution in [0.1, 0.15) is 12.5 Å². The minimum atomic E-state index is -0.210. The summed E-state index contributed by atoms with van der Waals surface area (Å²) in [4.78, 5) is 0. The van der Waals surface area contributed by atoms with Gasteiger partial charge in [-0.2, -0.15) is 0 Å². The molecule has 0 heterocycles. The van der Waals surface area contributed by atoms with E-state index in [1.807, 2.05) is 31.2 Å². The first-order valence-electron chi connectivity index (χ1n) is 5.86. The third-order valence-corrected chi connectivity index (χ3v) is 3.24. The van der Waals surface area contributed by atoms with Crippen LogP contribution < -0.4 is 5.73 Å². The summed E-state index contributed by atoms with van der Waals surface area (Å²) in [5.74, 6) is -0.210. The second kappa shape index (κ2) is 5.63. The molecule has 2 rings (SSSR count). The lowest BCUT2D eigenvalue weighted by atomic mass is 10.0. The molecule has 2 N–H and O–H groups in total. The van der Waals surface area contributed by atoms with Crippen molar-refractivity contribution in [3.63, 3.8) is 0 Å². The van der Waals surface area contributed by atoms with E-state index in [2.05, 4.69) is 15.9 Å². The molecule has 94 valence electrons. The summed E-state index contributed by atoms with van der Waals surface area (Å²) in [5.41, 5.74) is 8.41. The van der Waals surface area contributed by atoms with Crippen molar-refractivity contribution < 1.29 is 4.39 Å². The van der Waals surface area contributed by atoms with Crippen molar-refractivity contribution in [2.45, 2.75) is 19.4 Å². The van der Waals surface area contributed by atoms with Gasteiger partial charge in [-0.15, -0.1) is 0 Å². The molecule has 1 nitrogen and oxygen atoms in total. The van der Waals surface area contributed by atoms with E-state index in [4.69, 9.17) is 5.73 Å². The highest BCUT2D eigenvalue weighted by Gasteiger charge is 2.06. The van der Waals surface area contributed by atoms with Crippen LogP contribution in [0.15, 0.2) is 46.9 Å². The lowest BCUT2D eigenvalue weighted by Crippen LogP contribution is -2.17. The van der Waals surface area contributed by atoms with E-state index in [1.165, 1.54) is 11.6 Å². The lowest BCUT2D eigenvalue weighted by Gasteiger charge is -2.08. The van der Waals surface area contributed by atoms with Gasteiger partial charge >= 0.3 is 0 Å². The third kappa shape index (κ3) is 3.18. The maximum atomic E-state index is 13.7. The van der Waals surface area contributed by atoms with Gasteiger partial charge in [0.1, 0.15) is 5.82 Å². The Morgan fingerprint density at radius 2 is 1.83 bits per heavy atom. The molecule has 0 aliphatic carbocycles. The topological polar surface area (TPSA) is 26.0 Å². The minimum Gasteiger partial charge on any atom is -0.328 e. The van der Waals surface area contributed by atoms with Gasteiger partial charge in [-0.1, -0.05) is 40.2 Å². The molecule has 2 aromatic carbocycles. The molecule has 0 bridgehead atoms. The standard InChI is InChI=1S/C15H15BrFN/c1-10(18)8-11-2-4-12(5-3-11)14-9-13(16)6-7-15(14)17/h2-7,9-10H,8,18H2,1H3. The van der Waals surface area contributed by atoms with Crippen molar-refractivity contribution in [3.8, 4) is 11.1 Å². The van der Waals surface area contributed by atoms with Crippen LogP contribution in [0.5, 0.6) is 0 Å². The first-order chi connectivity index (χ1) is 8.56. The Kier molecular flexibility index (Phi) is 4.15. The van der Waals surface area contributed by atoms with Gasteiger partial charge in [0.25, 0.3) is 0 Å². The molecule has 0 amide bonds. The van der Waals surface area contributed by atoms with E-state index >= 15 is 0 Å². The number of halogens is 2. The highest BCUT2D eigenvalue weighted by Crippen LogP contribution is 2.26. The SMILES string of the molecule is CC(N)Cc1ccc(-c2cc(Br)ccc2F)cc1. The molecule has 0 saturated carbocycles. The summed E-state index contributed by atoms with van der Waals surface area (Å²) in [6.07, 6.45) is 0.835. The number of hydrogen-bond acceptors (Lipinski definition) is 1. The zero-order valence-electron chi connectivity index (χ0n) is 10.2. The Hall–Kier alpha value is -1.19. The molecule has 0 aliphatic rings. The Morgan fingerprint density at radius 1 is 1.17 bits per heavy atom. The molecule has 1 atom stereocenters. The fourth-order valence-electron chi connectivity index (χ4n) is 1.91. The molecular weight excluding hydrogens is 293 g/mol. The normalized spacial score (nSPS) is 12.4. The van der Waals surface area contributed by atoms with Crippen molar-refractivity contribution >= 4 is 15.9 Å².